The van der Waals surface area contributed by atoms with E-state index in [4.69, 9.17) is 8.83 Å². The molecule has 0 aliphatic rings. The predicted octanol–water partition coefficient (Wildman–Crippen LogP) is 2.57. The van der Waals surface area contributed by atoms with Crippen molar-refractivity contribution in [3.8, 4) is 0 Å². The number of furan rings is 2. The van der Waals surface area contributed by atoms with Gasteiger partial charge < -0.3 is 14.2 Å². The summed E-state index contributed by atoms with van der Waals surface area (Å²) in [6.45, 7) is 2.76. The van der Waals surface area contributed by atoms with Crippen molar-refractivity contribution in [3.63, 3.8) is 0 Å². The maximum Gasteiger partial charge on any atom is 0.247 e. The molecule has 0 saturated carbocycles. The Morgan fingerprint density at radius 2 is 2.14 bits per heavy atom. The Kier molecular flexibility index (Phi) is 5.26. The van der Waals surface area contributed by atoms with Crippen LogP contribution in [0.25, 0.3) is 0 Å². The molecule has 0 amide bonds. The van der Waals surface area contributed by atoms with Crippen LogP contribution in [0.3, 0.4) is 0 Å². The second-order valence-corrected chi connectivity index (χ2v) is 7.02. The maximum absolute atomic E-state index is 12.7. The van der Waals surface area contributed by atoms with Gasteiger partial charge >= 0.3 is 0 Å². The molecule has 0 fully saturated rings. The molecule has 21 heavy (non-hydrogen) atoms. The van der Waals surface area contributed by atoms with Crippen LogP contribution in [0.1, 0.15) is 18.4 Å². The molecule has 0 saturated heterocycles. The summed E-state index contributed by atoms with van der Waals surface area (Å²) in [4.78, 5) is 0.126. The van der Waals surface area contributed by atoms with E-state index in [0.29, 0.717) is 24.6 Å². The summed E-state index contributed by atoms with van der Waals surface area (Å²) < 4.78 is 37.6. The highest BCUT2D eigenvalue weighted by Gasteiger charge is 2.29. The molecule has 0 aromatic carbocycles. The van der Waals surface area contributed by atoms with Gasteiger partial charge in [-0.3, -0.25) is 0 Å². The van der Waals surface area contributed by atoms with Crippen LogP contribution in [0.2, 0.25) is 0 Å². The average molecular weight is 377 g/mol. The molecule has 0 spiro atoms. The highest BCUT2D eigenvalue weighted by Crippen LogP contribution is 2.29. The Hall–Kier alpha value is -1.09. The Morgan fingerprint density at radius 1 is 1.38 bits per heavy atom. The monoisotopic (exact) mass is 376 g/mol. The molecule has 0 aliphatic carbocycles. The minimum absolute atomic E-state index is 0.126. The topological polar surface area (TPSA) is 75.7 Å². The lowest BCUT2D eigenvalue weighted by atomic mass is 10.4. The first kappa shape index (κ1) is 16.3. The number of hydrogen-bond acceptors (Lipinski definition) is 5. The minimum Gasteiger partial charge on any atom is -0.468 e. The molecule has 2 aromatic heterocycles. The zero-order chi connectivity index (χ0) is 15.5. The van der Waals surface area contributed by atoms with Crippen molar-refractivity contribution in [2.24, 2.45) is 0 Å². The van der Waals surface area contributed by atoms with Gasteiger partial charge in [-0.1, -0.05) is 6.92 Å². The summed E-state index contributed by atoms with van der Waals surface area (Å²) in [6.07, 6.45) is 1.52. The standard InChI is InChI=1S/C13H17BrN2O4S/c1-3-16(9-10-5-4-6-19-10)21(17,18)12-7-11(8-15-2)20-13(12)14/h4-7,15H,3,8-9H2,1-2H3. The fourth-order valence-corrected chi connectivity index (χ4v) is 4.29. The van der Waals surface area contributed by atoms with Crippen LogP contribution in [0.5, 0.6) is 0 Å². The van der Waals surface area contributed by atoms with Gasteiger partial charge in [0.15, 0.2) is 4.67 Å². The van der Waals surface area contributed by atoms with Crippen molar-refractivity contribution in [2.45, 2.75) is 24.9 Å². The third-order valence-corrected chi connectivity index (χ3v) is 5.72. The highest BCUT2D eigenvalue weighted by molar-refractivity contribution is 9.10. The third kappa shape index (κ3) is 3.57. The van der Waals surface area contributed by atoms with E-state index >= 15 is 0 Å². The lowest BCUT2D eigenvalue weighted by molar-refractivity contribution is 0.374. The average Bonchev–Trinajstić information content (AvgIpc) is 3.06. The van der Waals surface area contributed by atoms with Gasteiger partial charge in [-0.15, -0.1) is 0 Å². The van der Waals surface area contributed by atoms with Gasteiger partial charge in [-0.2, -0.15) is 4.31 Å². The van der Waals surface area contributed by atoms with Gasteiger partial charge in [-0.05, 0) is 35.1 Å². The van der Waals surface area contributed by atoms with E-state index < -0.39 is 10.0 Å². The van der Waals surface area contributed by atoms with E-state index in [9.17, 15) is 8.42 Å². The van der Waals surface area contributed by atoms with E-state index in [0.717, 1.165) is 0 Å². The second kappa shape index (κ2) is 6.78. The summed E-state index contributed by atoms with van der Waals surface area (Å²) in [7, 11) is -1.89. The van der Waals surface area contributed by atoms with Gasteiger partial charge in [0, 0.05) is 12.6 Å². The van der Waals surface area contributed by atoms with Crippen LogP contribution in [-0.4, -0.2) is 26.3 Å². The zero-order valence-electron chi connectivity index (χ0n) is 11.8. The summed E-state index contributed by atoms with van der Waals surface area (Å²) in [6, 6.07) is 5.00. The highest BCUT2D eigenvalue weighted by atomic mass is 79.9. The number of nitrogens with zero attached hydrogens (tertiary/aromatic N) is 1. The molecule has 116 valence electrons. The van der Waals surface area contributed by atoms with Crippen LogP contribution >= 0.6 is 15.9 Å². The molecule has 0 bridgehead atoms. The SMILES string of the molecule is CCN(Cc1ccco1)S(=O)(=O)c1cc(CNC)oc1Br. The Bertz CT molecular complexity index is 679. The zero-order valence-corrected chi connectivity index (χ0v) is 14.2. The maximum atomic E-state index is 12.7. The van der Waals surface area contributed by atoms with Crippen LogP contribution in [0, 0.1) is 0 Å². The van der Waals surface area contributed by atoms with Crippen molar-refractivity contribution in [3.05, 3.63) is 40.7 Å². The van der Waals surface area contributed by atoms with Crippen molar-refractivity contribution in [1.29, 1.82) is 0 Å². The first-order valence-corrected chi connectivity index (χ1v) is 8.67. The molecule has 0 aliphatic heterocycles. The molecule has 0 atom stereocenters. The Morgan fingerprint density at radius 3 is 2.71 bits per heavy atom. The van der Waals surface area contributed by atoms with E-state index in [2.05, 4.69) is 21.2 Å². The number of hydrogen-bond donors (Lipinski definition) is 1. The van der Waals surface area contributed by atoms with Crippen molar-refractivity contribution < 1.29 is 17.3 Å². The van der Waals surface area contributed by atoms with E-state index in [1.165, 1.54) is 16.6 Å². The molecule has 0 unspecified atom stereocenters. The number of halogens is 1. The predicted molar refractivity (Wildman–Crippen MR) is 81.1 cm³/mol. The van der Waals surface area contributed by atoms with Gasteiger partial charge in [-0.25, -0.2) is 8.42 Å². The lowest BCUT2D eigenvalue weighted by Gasteiger charge is -2.18. The number of nitrogens with one attached hydrogen (secondary N) is 1. The second-order valence-electron chi connectivity index (χ2n) is 4.39. The van der Waals surface area contributed by atoms with Gasteiger partial charge in [0.25, 0.3) is 0 Å². The van der Waals surface area contributed by atoms with Crippen LogP contribution in [0.15, 0.2) is 42.9 Å². The Balaban J connectivity index is 2.30. The number of sulfonamides is 1. The largest absolute Gasteiger partial charge is 0.468 e. The van der Waals surface area contributed by atoms with Crippen LogP contribution in [0.4, 0.5) is 0 Å². The molecule has 0 radical (unpaired) electrons. The van der Waals surface area contributed by atoms with E-state index in [1.54, 1.807) is 26.1 Å². The molecule has 2 aromatic rings. The summed E-state index contributed by atoms with van der Waals surface area (Å²) in [5.74, 6) is 1.15. The molecule has 2 rings (SSSR count). The smallest absolute Gasteiger partial charge is 0.247 e. The van der Waals surface area contributed by atoms with Crippen LogP contribution < -0.4 is 5.32 Å². The quantitative estimate of drug-likeness (QED) is 0.803. The van der Waals surface area contributed by atoms with Gasteiger partial charge in [0.1, 0.15) is 16.4 Å². The molecular formula is C13H17BrN2O4S. The van der Waals surface area contributed by atoms with Gasteiger partial charge in [0.2, 0.25) is 10.0 Å². The molecule has 1 N–H and O–H groups in total. The summed E-state index contributed by atoms with van der Waals surface area (Å²) >= 11 is 3.17. The molecular weight excluding hydrogens is 360 g/mol. The summed E-state index contributed by atoms with van der Waals surface area (Å²) in [5.41, 5.74) is 0. The van der Waals surface area contributed by atoms with Crippen molar-refractivity contribution in [2.75, 3.05) is 13.6 Å². The lowest BCUT2D eigenvalue weighted by Crippen LogP contribution is -2.30. The molecule has 6 nitrogen and oxygen atoms in total. The van der Waals surface area contributed by atoms with E-state index in [1.807, 2.05) is 0 Å². The molecule has 8 heteroatoms. The first-order chi connectivity index (χ1) is 9.98. The third-order valence-electron chi connectivity index (χ3n) is 2.94. The van der Waals surface area contributed by atoms with E-state index in [-0.39, 0.29) is 16.1 Å². The fraction of sp³-hybridized carbons (Fsp3) is 0.385. The van der Waals surface area contributed by atoms with Crippen molar-refractivity contribution in [1.82, 2.24) is 9.62 Å². The summed E-state index contributed by atoms with van der Waals surface area (Å²) in [5, 5.41) is 2.92. The fourth-order valence-electron chi connectivity index (χ4n) is 1.92. The van der Waals surface area contributed by atoms with Crippen LogP contribution in [-0.2, 0) is 23.1 Å². The normalized spacial score (nSPS) is 12.2. The first-order valence-electron chi connectivity index (χ1n) is 6.44. The van der Waals surface area contributed by atoms with Crippen molar-refractivity contribution >= 4 is 26.0 Å². The van der Waals surface area contributed by atoms with Gasteiger partial charge in [0.05, 0.1) is 19.4 Å². The number of rotatable bonds is 7. The molecule has 2 heterocycles. The minimum atomic E-state index is -3.65. The Labute approximate surface area is 132 Å².